The van der Waals surface area contributed by atoms with Crippen molar-refractivity contribution < 1.29 is 14.2 Å². The molecule has 0 fully saturated rings. The molecule has 122 valence electrons. The van der Waals surface area contributed by atoms with E-state index >= 15 is 0 Å². The number of halogens is 1. The molecule has 5 heteroatoms. The van der Waals surface area contributed by atoms with Crippen LogP contribution in [0.15, 0.2) is 42.5 Å². The van der Waals surface area contributed by atoms with Crippen LogP contribution in [0.5, 0.6) is 5.75 Å². The van der Waals surface area contributed by atoms with Crippen LogP contribution in [-0.4, -0.2) is 16.8 Å². The molecule has 2 aromatic carbocycles. The maximum Gasteiger partial charge on any atom is 0.123 e. The maximum absolute atomic E-state index is 13.3. The minimum atomic E-state index is -0.325. The minimum absolute atomic E-state index is 0.0901. The van der Waals surface area contributed by atoms with Crippen molar-refractivity contribution in [1.29, 1.82) is 5.26 Å². The topological polar surface area (TPSA) is 58.2 Å². The number of hydrogen-bond donors (Lipinski definition) is 1. The van der Waals surface area contributed by atoms with E-state index in [-0.39, 0.29) is 17.7 Å². The highest BCUT2D eigenvalue weighted by Gasteiger charge is 2.24. The Bertz CT molecular complexity index is 919. The Kier molecular flexibility index (Phi) is 4.24. The van der Waals surface area contributed by atoms with Gasteiger partial charge in [-0.1, -0.05) is 6.92 Å². The Morgan fingerprint density at radius 3 is 2.54 bits per heavy atom. The van der Waals surface area contributed by atoms with Gasteiger partial charge in [0, 0.05) is 18.2 Å². The predicted octanol–water partition coefficient (Wildman–Crippen LogP) is 4.44. The summed E-state index contributed by atoms with van der Waals surface area (Å²) in [6.07, 6.45) is 0.383. The maximum atomic E-state index is 13.3. The predicted molar refractivity (Wildman–Crippen MR) is 89.7 cm³/mol. The molecule has 1 aromatic heterocycles. The highest BCUT2D eigenvalue weighted by atomic mass is 19.1. The third-order valence-corrected chi connectivity index (χ3v) is 4.14. The molecular weight excluding hydrogens is 307 g/mol. The second-order valence-corrected chi connectivity index (χ2v) is 5.52. The number of fused-ring (bicyclic) bond motifs is 1. The number of nitriles is 1. The molecule has 1 heterocycles. The van der Waals surface area contributed by atoms with Gasteiger partial charge in [0.15, 0.2) is 0 Å². The number of hydrogen-bond acceptors (Lipinski definition) is 3. The van der Waals surface area contributed by atoms with E-state index in [1.807, 2.05) is 11.5 Å². The molecule has 3 rings (SSSR count). The Morgan fingerprint density at radius 1 is 1.25 bits per heavy atom. The zero-order valence-electron chi connectivity index (χ0n) is 13.5. The van der Waals surface area contributed by atoms with E-state index in [0.717, 1.165) is 11.2 Å². The normalized spacial score (nSPS) is 12.2. The molecule has 1 unspecified atom stereocenters. The number of aromatic hydroxyl groups is 1. The van der Waals surface area contributed by atoms with Crippen molar-refractivity contribution in [1.82, 2.24) is 4.57 Å². The fraction of sp³-hybridized carbons (Fsp3) is 0.211. The molecule has 0 aliphatic rings. The number of phenolic OH excluding ortho intramolecular Hbond substituents is 1. The average Bonchev–Trinajstić information content (AvgIpc) is 2.90. The van der Waals surface area contributed by atoms with Crippen LogP contribution in [0.25, 0.3) is 16.6 Å². The Hall–Kier alpha value is -2.84. The van der Waals surface area contributed by atoms with Crippen LogP contribution in [0.4, 0.5) is 4.39 Å². The lowest BCUT2D eigenvalue weighted by atomic mass is 10.1. The summed E-state index contributed by atoms with van der Waals surface area (Å²) in [5.74, 6) is -0.235. The Morgan fingerprint density at radius 2 is 1.96 bits per heavy atom. The molecule has 24 heavy (non-hydrogen) atoms. The van der Waals surface area contributed by atoms with Gasteiger partial charge in [-0.25, -0.2) is 4.39 Å². The summed E-state index contributed by atoms with van der Waals surface area (Å²) in [4.78, 5) is 0. The molecule has 0 saturated carbocycles. The van der Waals surface area contributed by atoms with Crippen LogP contribution >= 0.6 is 0 Å². The van der Waals surface area contributed by atoms with Gasteiger partial charge in [0.05, 0.1) is 22.9 Å². The van der Waals surface area contributed by atoms with Crippen molar-refractivity contribution >= 4 is 10.9 Å². The number of methoxy groups -OCH3 is 1. The largest absolute Gasteiger partial charge is 0.508 e. The highest BCUT2D eigenvalue weighted by molar-refractivity contribution is 5.91. The van der Waals surface area contributed by atoms with Crippen molar-refractivity contribution in [2.75, 3.05) is 7.11 Å². The third-order valence-electron chi connectivity index (χ3n) is 4.14. The lowest BCUT2D eigenvalue weighted by Crippen LogP contribution is -2.09. The van der Waals surface area contributed by atoms with Crippen molar-refractivity contribution in [2.24, 2.45) is 0 Å². The van der Waals surface area contributed by atoms with E-state index in [9.17, 15) is 14.8 Å². The van der Waals surface area contributed by atoms with Crippen molar-refractivity contribution in [3.05, 3.63) is 59.5 Å². The van der Waals surface area contributed by atoms with Crippen molar-refractivity contribution in [3.8, 4) is 17.5 Å². The molecule has 0 saturated heterocycles. The van der Waals surface area contributed by atoms with Crippen LogP contribution in [0.2, 0.25) is 0 Å². The summed E-state index contributed by atoms with van der Waals surface area (Å²) in [6.45, 7) is 1.97. The molecule has 0 bridgehead atoms. The summed E-state index contributed by atoms with van der Waals surface area (Å²) in [5, 5.41) is 20.1. The SMILES string of the molecule is CCC(OC)c1c(C#N)c2cc(O)ccc2n1-c1ccc(F)cc1. The lowest BCUT2D eigenvalue weighted by Gasteiger charge is -2.18. The van der Waals surface area contributed by atoms with E-state index in [4.69, 9.17) is 4.74 Å². The molecule has 3 aromatic rings. The lowest BCUT2D eigenvalue weighted by molar-refractivity contribution is 0.0952. The van der Waals surface area contributed by atoms with E-state index in [0.29, 0.717) is 23.1 Å². The zero-order chi connectivity index (χ0) is 17.3. The van der Waals surface area contributed by atoms with Crippen LogP contribution in [0.1, 0.15) is 30.7 Å². The molecule has 0 aliphatic heterocycles. The van der Waals surface area contributed by atoms with E-state index in [2.05, 4.69) is 6.07 Å². The van der Waals surface area contributed by atoms with Gasteiger partial charge >= 0.3 is 0 Å². The number of phenols is 1. The van der Waals surface area contributed by atoms with Gasteiger partial charge < -0.3 is 14.4 Å². The minimum Gasteiger partial charge on any atom is -0.508 e. The zero-order valence-corrected chi connectivity index (χ0v) is 13.5. The summed E-state index contributed by atoms with van der Waals surface area (Å²) in [5.41, 5.74) is 2.66. The Labute approximate surface area is 139 Å². The fourth-order valence-corrected chi connectivity index (χ4v) is 3.06. The number of ether oxygens (including phenoxy) is 1. The van der Waals surface area contributed by atoms with Gasteiger partial charge in [0.25, 0.3) is 0 Å². The number of benzene rings is 2. The second-order valence-electron chi connectivity index (χ2n) is 5.52. The van der Waals surface area contributed by atoms with Crippen molar-refractivity contribution in [2.45, 2.75) is 19.4 Å². The smallest absolute Gasteiger partial charge is 0.123 e. The first kappa shape index (κ1) is 16.0. The standard InChI is InChI=1S/C19H17FN2O2/c1-3-18(24-2)19-16(11-21)15-10-14(23)8-9-17(15)22(19)13-6-4-12(20)5-7-13/h4-10,18,23H,3H2,1-2H3. The molecular formula is C19H17FN2O2. The molecule has 0 spiro atoms. The third kappa shape index (κ3) is 2.51. The van der Waals surface area contributed by atoms with Gasteiger partial charge in [-0.05, 0) is 48.9 Å². The summed E-state index contributed by atoms with van der Waals surface area (Å²) < 4.78 is 20.8. The molecule has 0 aliphatic carbocycles. The van der Waals surface area contributed by atoms with E-state index in [1.165, 1.54) is 12.1 Å². The first-order valence-corrected chi connectivity index (χ1v) is 7.66. The first-order valence-electron chi connectivity index (χ1n) is 7.66. The van der Waals surface area contributed by atoms with Crippen LogP contribution < -0.4 is 0 Å². The van der Waals surface area contributed by atoms with Crippen LogP contribution in [-0.2, 0) is 4.74 Å². The van der Waals surface area contributed by atoms with Crippen molar-refractivity contribution in [3.63, 3.8) is 0 Å². The number of rotatable bonds is 4. The van der Waals surface area contributed by atoms with Gasteiger partial charge in [-0.2, -0.15) is 5.26 Å². The van der Waals surface area contributed by atoms with Crippen LogP contribution in [0.3, 0.4) is 0 Å². The molecule has 1 atom stereocenters. The van der Waals surface area contributed by atoms with E-state index in [1.54, 1.807) is 37.4 Å². The monoisotopic (exact) mass is 324 g/mol. The Balaban J connectivity index is 2.43. The fourth-order valence-electron chi connectivity index (χ4n) is 3.06. The van der Waals surface area contributed by atoms with Gasteiger partial charge in [-0.3, -0.25) is 0 Å². The molecule has 1 N–H and O–H groups in total. The van der Waals surface area contributed by atoms with Crippen LogP contribution in [0, 0.1) is 17.1 Å². The van der Waals surface area contributed by atoms with E-state index < -0.39 is 0 Å². The molecule has 4 nitrogen and oxygen atoms in total. The first-order chi connectivity index (χ1) is 11.6. The average molecular weight is 324 g/mol. The van der Waals surface area contributed by atoms with Gasteiger partial charge in [0.1, 0.15) is 17.6 Å². The van der Waals surface area contributed by atoms with Gasteiger partial charge in [-0.15, -0.1) is 0 Å². The van der Waals surface area contributed by atoms with Gasteiger partial charge in [0.2, 0.25) is 0 Å². The quantitative estimate of drug-likeness (QED) is 0.771. The molecule has 0 amide bonds. The summed E-state index contributed by atoms with van der Waals surface area (Å²) in [7, 11) is 1.60. The summed E-state index contributed by atoms with van der Waals surface area (Å²) in [6, 6.07) is 13.2. The highest BCUT2D eigenvalue weighted by Crippen LogP contribution is 2.36. The second kappa shape index (κ2) is 6.34. The summed E-state index contributed by atoms with van der Waals surface area (Å²) >= 11 is 0. The number of nitrogens with zero attached hydrogens (tertiary/aromatic N) is 2. The molecule has 0 radical (unpaired) electrons. The number of aromatic nitrogens is 1.